The van der Waals surface area contributed by atoms with Crippen LogP contribution in [0, 0.1) is 11.9 Å². The van der Waals surface area contributed by atoms with Gasteiger partial charge in [-0.1, -0.05) is 97.1 Å². The fraction of sp³-hybridized carbons (Fsp3) is 0. The summed E-state index contributed by atoms with van der Waals surface area (Å²) in [7, 11) is 0. The zero-order valence-corrected chi connectivity index (χ0v) is 29.5. The average molecular weight is 725 g/mol. The van der Waals surface area contributed by atoms with Gasteiger partial charge in [0.05, 0.1) is 55.9 Å². The third-order valence-corrected chi connectivity index (χ3v) is 10.4. The van der Waals surface area contributed by atoms with Crippen LogP contribution in [0.2, 0.25) is 0 Å². The average Bonchev–Trinajstić information content (AvgIpc) is 3.25. The lowest BCUT2D eigenvalue weighted by Gasteiger charge is -2.10. The molecule has 0 aliphatic rings. The van der Waals surface area contributed by atoms with E-state index in [1.165, 1.54) is 12.1 Å². The highest BCUT2D eigenvalue weighted by atomic mass is 19.1. The van der Waals surface area contributed by atoms with Crippen molar-refractivity contribution in [1.29, 1.82) is 0 Å². The maximum atomic E-state index is 14.2. The topological polar surface area (TPSA) is 77.3 Å². The van der Waals surface area contributed by atoms with E-state index in [0.29, 0.717) is 22.1 Å². The van der Waals surface area contributed by atoms with Crippen LogP contribution in [0.5, 0.6) is 0 Å². The van der Waals surface area contributed by atoms with Gasteiger partial charge in [-0.2, -0.15) is 8.78 Å². The van der Waals surface area contributed by atoms with Gasteiger partial charge in [-0.05, 0) is 60.7 Å². The summed E-state index contributed by atoms with van der Waals surface area (Å²) in [6.45, 7) is 0. The lowest BCUT2D eigenvalue weighted by Crippen LogP contribution is -1.93. The number of nitrogens with zero attached hydrogens (tertiary/aromatic N) is 6. The summed E-state index contributed by atoms with van der Waals surface area (Å²) in [5, 5.41) is 5.43. The molecule has 0 radical (unpaired) electrons. The Bertz CT molecular complexity index is 3190. The predicted molar refractivity (Wildman–Crippen MR) is 220 cm³/mol. The molecule has 0 saturated carbocycles. The summed E-state index contributed by atoms with van der Waals surface area (Å²) >= 11 is 0. The van der Waals surface area contributed by atoms with Gasteiger partial charge in [0.25, 0.3) is 0 Å². The van der Waals surface area contributed by atoms with E-state index in [4.69, 9.17) is 19.9 Å². The Labute approximate surface area is 317 Å². The van der Waals surface area contributed by atoms with Gasteiger partial charge in [0.15, 0.2) is 0 Å². The lowest BCUT2D eigenvalue weighted by molar-refractivity contribution is 0.589. The molecular formula is C48H26F2N6. The van der Waals surface area contributed by atoms with Crippen LogP contribution in [0.25, 0.3) is 110 Å². The highest BCUT2D eigenvalue weighted by molar-refractivity contribution is 6.06. The molecule has 0 amide bonds. The number of benzene rings is 5. The second-order valence-corrected chi connectivity index (χ2v) is 13.8. The predicted octanol–water partition coefficient (Wildman–Crippen LogP) is 11.9. The molecular weight excluding hydrogens is 699 g/mol. The zero-order valence-electron chi connectivity index (χ0n) is 29.5. The van der Waals surface area contributed by atoms with E-state index in [2.05, 4.69) is 46.4 Å². The molecule has 0 bridgehead atoms. The second-order valence-electron chi connectivity index (χ2n) is 13.8. The van der Waals surface area contributed by atoms with E-state index in [1.54, 1.807) is 12.1 Å². The van der Waals surface area contributed by atoms with E-state index >= 15 is 0 Å². The molecule has 6 nitrogen and oxygen atoms in total. The normalized spacial score (nSPS) is 11.8. The molecule has 0 atom stereocenters. The molecule has 0 aliphatic carbocycles. The van der Waals surface area contributed by atoms with Crippen molar-refractivity contribution in [2.24, 2.45) is 0 Å². The Hall–Kier alpha value is -7.58. The summed E-state index contributed by atoms with van der Waals surface area (Å²) in [5.74, 6) is -1.07. The van der Waals surface area contributed by atoms with Crippen molar-refractivity contribution in [3.63, 3.8) is 0 Å². The van der Waals surface area contributed by atoms with Gasteiger partial charge >= 0.3 is 0 Å². The lowest BCUT2D eigenvalue weighted by atomic mass is 10.0. The summed E-state index contributed by atoms with van der Waals surface area (Å²) in [5.41, 5.74) is 10.8. The number of fused-ring (bicyclic) bond motifs is 9. The highest BCUT2D eigenvalue weighted by Gasteiger charge is 2.13. The van der Waals surface area contributed by atoms with Crippen LogP contribution < -0.4 is 0 Å². The van der Waals surface area contributed by atoms with Gasteiger partial charge in [0.1, 0.15) is 0 Å². The highest BCUT2D eigenvalue weighted by Crippen LogP contribution is 2.33. The Morgan fingerprint density at radius 2 is 0.482 bits per heavy atom. The van der Waals surface area contributed by atoms with Gasteiger partial charge < -0.3 is 0 Å². The van der Waals surface area contributed by atoms with Crippen molar-refractivity contribution < 1.29 is 8.78 Å². The van der Waals surface area contributed by atoms with E-state index in [9.17, 15) is 8.78 Å². The number of halogens is 2. The first-order valence-electron chi connectivity index (χ1n) is 18.2. The minimum absolute atomic E-state index is 0.533. The van der Waals surface area contributed by atoms with Gasteiger partial charge in [-0.3, -0.25) is 0 Å². The second kappa shape index (κ2) is 12.5. The maximum Gasteiger partial charge on any atom is 0.213 e. The van der Waals surface area contributed by atoms with Gasteiger partial charge in [-0.15, -0.1) is 0 Å². The Kier molecular flexibility index (Phi) is 7.12. The minimum atomic E-state index is -0.533. The number of rotatable bonds is 4. The Morgan fingerprint density at radius 3 is 0.768 bits per heavy atom. The molecule has 56 heavy (non-hydrogen) atoms. The molecule has 0 unspecified atom stereocenters. The summed E-state index contributed by atoms with van der Waals surface area (Å²) in [6.07, 6.45) is 0. The molecule has 0 N–H and O–H groups in total. The van der Waals surface area contributed by atoms with Crippen molar-refractivity contribution >= 4 is 65.4 Å². The molecule has 5 aromatic carbocycles. The van der Waals surface area contributed by atoms with Crippen molar-refractivity contribution in [3.8, 4) is 45.0 Å². The summed E-state index contributed by atoms with van der Waals surface area (Å²) in [4.78, 5) is 28.6. The van der Waals surface area contributed by atoms with Crippen molar-refractivity contribution in [2.75, 3.05) is 0 Å². The fourth-order valence-corrected chi connectivity index (χ4v) is 7.57. The molecule has 8 heteroatoms. The minimum Gasteiger partial charge on any atom is -0.245 e. The Morgan fingerprint density at radius 1 is 0.250 bits per heavy atom. The number of pyridine rings is 6. The number of hydrogen-bond acceptors (Lipinski definition) is 6. The van der Waals surface area contributed by atoms with Gasteiger partial charge in [0, 0.05) is 54.6 Å². The molecule has 0 spiro atoms. The maximum absolute atomic E-state index is 14.2. The van der Waals surface area contributed by atoms with Crippen LogP contribution >= 0.6 is 0 Å². The van der Waals surface area contributed by atoms with Crippen LogP contribution in [0.15, 0.2) is 158 Å². The standard InChI is InChI=1S/C48H26F2N6/c49-41-23-17-31-11-9-29-15-21-39(53-45(29)47(31)55-41)35-5-1-3-33(25-35)37-19-13-27-7-8-28-14-20-38(52-44(28)43(27)51-37)34-4-2-6-36(26-34)40-22-16-30-10-12-32-18-24-42(50)56-48(32)46(30)54-40/h1-26H. The largest absolute Gasteiger partial charge is 0.245 e. The molecule has 11 aromatic rings. The molecule has 0 aliphatic heterocycles. The monoisotopic (exact) mass is 724 g/mol. The van der Waals surface area contributed by atoms with E-state index in [1.807, 2.05) is 97.1 Å². The van der Waals surface area contributed by atoms with Crippen LogP contribution in [0.1, 0.15) is 0 Å². The zero-order chi connectivity index (χ0) is 37.3. The molecule has 11 rings (SSSR count). The van der Waals surface area contributed by atoms with Crippen molar-refractivity contribution in [3.05, 3.63) is 170 Å². The molecule has 6 aromatic heterocycles. The van der Waals surface area contributed by atoms with E-state index < -0.39 is 11.9 Å². The van der Waals surface area contributed by atoms with Crippen molar-refractivity contribution in [1.82, 2.24) is 29.9 Å². The third-order valence-electron chi connectivity index (χ3n) is 10.4. The quantitative estimate of drug-likeness (QED) is 0.133. The Balaban J connectivity index is 0.978. The van der Waals surface area contributed by atoms with Crippen LogP contribution in [0.4, 0.5) is 8.78 Å². The van der Waals surface area contributed by atoms with Crippen LogP contribution in [0.3, 0.4) is 0 Å². The van der Waals surface area contributed by atoms with Gasteiger partial charge in [0.2, 0.25) is 11.9 Å². The molecule has 0 fully saturated rings. The number of hydrogen-bond donors (Lipinski definition) is 0. The smallest absolute Gasteiger partial charge is 0.213 e. The van der Waals surface area contributed by atoms with Crippen molar-refractivity contribution in [2.45, 2.75) is 0 Å². The van der Waals surface area contributed by atoms with E-state index in [0.717, 1.165) is 88.4 Å². The van der Waals surface area contributed by atoms with Gasteiger partial charge in [-0.25, -0.2) is 29.9 Å². The fourth-order valence-electron chi connectivity index (χ4n) is 7.57. The van der Waals surface area contributed by atoms with E-state index in [-0.39, 0.29) is 0 Å². The summed E-state index contributed by atoms with van der Waals surface area (Å²) < 4.78 is 28.3. The molecule has 6 heterocycles. The third kappa shape index (κ3) is 5.38. The number of aromatic nitrogens is 6. The first-order chi connectivity index (χ1) is 27.5. The first kappa shape index (κ1) is 31.9. The molecule has 262 valence electrons. The first-order valence-corrected chi connectivity index (χ1v) is 18.2. The summed E-state index contributed by atoms with van der Waals surface area (Å²) in [6, 6.07) is 50.6. The molecule has 0 saturated heterocycles. The van der Waals surface area contributed by atoms with Crippen LogP contribution in [-0.4, -0.2) is 29.9 Å². The van der Waals surface area contributed by atoms with Crippen LogP contribution in [-0.2, 0) is 0 Å². The SMILES string of the molecule is Fc1ccc2ccc3ccc(-c4cccc(-c5ccc6ccc7ccc(-c8cccc(-c9ccc%10ccc%11ccc(F)nc%11c%10n9)c8)nc7c6n5)c4)nc3c2n1.